The molecule has 3 aromatic rings. The molecule has 0 amide bonds. The quantitative estimate of drug-likeness (QED) is 0.486. The minimum absolute atomic E-state index is 0.0684. The molecule has 180 valence electrons. The molecule has 34 heavy (non-hydrogen) atoms. The molecule has 1 fully saturated rings. The molecule has 3 aromatic carbocycles. The fourth-order valence-corrected chi connectivity index (χ4v) is 7.88. The van der Waals surface area contributed by atoms with Crippen LogP contribution in [0.25, 0.3) is 0 Å². The molecular formula is C25H28N2O5S2. The van der Waals surface area contributed by atoms with Gasteiger partial charge in [0, 0.05) is 19.1 Å². The highest BCUT2D eigenvalue weighted by atomic mass is 32.2. The Kier molecular flexibility index (Phi) is 7.37. The minimum atomic E-state index is -4.00. The van der Waals surface area contributed by atoms with Crippen LogP contribution in [0.1, 0.15) is 11.1 Å². The first-order valence-corrected chi connectivity index (χ1v) is 14.2. The zero-order chi connectivity index (χ0) is 24.2. The van der Waals surface area contributed by atoms with E-state index in [9.17, 15) is 16.8 Å². The summed E-state index contributed by atoms with van der Waals surface area (Å²) in [6, 6.07) is 23.7. The van der Waals surface area contributed by atoms with Crippen molar-refractivity contribution in [2.24, 2.45) is 0 Å². The Hall–Kier alpha value is -2.72. The number of hydrogen-bond donors (Lipinski definition) is 1. The third kappa shape index (κ3) is 5.67. The molecule has 0 saturated carbocycles. The van der Waals surface area contributed by atoms with E-state index in [0.29, 0.717) is 12.3 Å². The summed E-state index contributed by atoms with van der Waals surface area (Å²) in [5.74, 6) is 0.190. The first-order chi connectivity index (χ1) is 16.3. The predicted octanol–water partition coefficient (Wildman–Crippen LogP) is 2.84. The van der Waals surface area contributed by atoms with Crippen molar-refractivity contribution >= 4 is 19.9 Å². The highest BCUT2D eigenvalue weighted by molar-refractivity contribution is 7.92. The Morgan fingerprint density at radius 1 is 0.882 bits per heavy atom. The number of nitrogens with one attached hydrogen (secondary N) is 1. The van der Waals surface area contributed by atoms with Gasteiger partial charge in [0.15, 0.2) is 9.84 Å². The van der Waals surface area contributed by atoms with Gasteiger partial charge in [-0.2, -0.15) is 4.31 Å². The zero-order valence-corrected chi connectivity index (χ0v) is 20.5. The number of sulfonamides is 1. The average Bonchev–Trinajstić information content (AvgIpc) is 3.16. The van der Waals surface area contributed by atoms with Crippen LogP contribution in [0.4, 0.5) is 0 Å². The van der Waals surface area contributed by atoms with Crippen molar-refractivity contribution in [3.63, 3.8) is 0 Å². The second kappa shape index (κ2) is 10.3. The van der Waals surface area contributed by atoms with Crippen molar-refractivity contribution in [1.29, 1.82) is 0 Å². The fourth-order valence-electron chi connectivity index (χ4n) is 4.18. The molecule has 1 saturated heterocycles. The molecule has 7 nitrogen and oxygen atoms in total. The molecule has 2 atom stereocenters. The van der Waals surface area contributed by atoms with Gasteiger partial charge in [-0.3, -0.25) is 0 Å². The zero-order valence-electron chi connectivity index (χ0n) is 18.9. The molecule has 0 bridgehead atoms. The van der Waals surface area contributed by atoms with Crippen molar-refractivity contribution in [2.75, 3.05) is 18.6 Å². The topological polar surface area (TPSA) is 92.8 Å². The maximum absolute atomic E-state index is 13.8. The Morgan fingerprint density at radius 3 is 2.06 bits per heavy atom. The van der Waals surface area contributed by atoms with Gasteiger partial charge >= 0.3 is 0 Å². The van der Waals surface area contributed by atoms with Crippen LogP contribution in [0.5, 0.6) is 5.75 Å². The Morgan fingerprint density at radius 2 is 1.47 bits per heavy atom. The van der Waals surface area contributed by atoms with Crippen molar-refractivity contribution in [1.82, 2.24) is 9.62 Å². The molecule has 1 heterocycles. The van der Waals surface area contributed by atoms with Crippen LogP contribution in [0.3, 0.4) is 0 Å². The highest BCUT2D eigenvalue weighted by Gasteiger charge is 2.45. The summed E-state index contributed by atoms with van der Waals surface area (Å²) in [5, 5.41) is 3.31. The van der Waals surface area contributed by atoms with Gasteiger partial charge in [0.2, 0.25) is 10.0 Å². The molecule has 0 radical (unpaired) electrons. The van der Waals surface area contributed by atoms with Crippen molar-refractivity contribution in [3.05, 3.63) is 96.1 Å². The molecule has 0 aromatic heterocycles. The molecular weight excluding hydrogens is 472 g/mol. The normalized spacial score (nSPS) is 19.8. The summed E-state index contributed by atoms with van der Waals surface area (Å²) in [5.41, 5.74) is 1.78. The molecule has 0 aliphatic carbocycles. The lowest BCUT2D eigenvalue weighted by Crippen LogP contribution is -2.51. The van der Waals surface area contributed by atoms with Crippen LogP contribution >= 0.6 is 0 Å². The van der Waals surface area contributed by atoms with Crippen LogP contribution in [0.15, 0.2) is 89.8 Å². The molecule has 1 aliphatic rings. The molecule has 9 heteroatoms. The summed E-state index contributed by atoms with van der Waals surface area (Å²) < 4.78 is 59.5. The van der Waals surface area contributed by atoms with E-state index >= 15 is 0 Å². The average molecular weight is 501 g/mol. The smallest absolute Gasteiger partial charge is 0.243 e. The third-order valence-corrected chi connectivity index (χ3v) is 9.55. The van der Waals surface area contributed by atoms with Crippen LogP contribution in [-0.2, 0) is 33.0 Å². The van der Waals surface area contributed by atoms with Crippen molar-refractivity contribution in [3.8, 4) is 5.75 Å². The summed E-state index contributed by atoms with van der Waals surface area (Å²) in [7, 11) is -5.92. The van der Waals surface area contributed by atoms with E-state index in [0.717, 1.165) is 11.1 Å². The van der Waals surface area contributed by atoms with Gasteiger partial charge in [0.25, 0.3) is 0 Å². The lowest BCUT2D eigenvalue weighted by Gasteiger charge is -2.32. The standard InChI is InChI=1S/C25H28N2O5S2/c1-32-22-12-14-23(15-13-22)34(30,31)27(17-21-10-6-3-7-11-21)25-19-33(28,29)18-24(25)26-16-20-8-4-2-5-9-20/h2-15,24-26H,16-19H2,1H3/t24-,25-/m0/s1. The maximum Gasteiger partial charge on any atom is 0.243 e. The molecule has 0 spiro atoms. The van der Waals surface area contributed by atoms with Crippen molar-refractivity contribution in [2.45, 2.75) is 30.1 Å². The molecule has 4 rings (SSSR count). The van der Waals surface area contributed by atoms with Gasteiger partial charge in [0.05, 0.1) is 29.6 Å². The number of ether oxygens (including phenoxy) is 1. The van der Waals surface area contributed by atoms with E-state index in [1.807, 2.05) is 60.7 Å². The van der Waals surface area contributed by atoms with Gasteiger partial charge in [-0.1, -0.05) is 60.7 Å². The Labute approximate surface area is 201 Å². The summed E-state index contributed by atoms with van der Waals surface area (Å²) in [6.07, 6.45) is 0. The second-order valence-corrected chi connectivity index (χ2v) is 12.4. The minimum Gasteiger partial charge on any atom is -0.497 e. The molecule has 0 unspecified atom stereocenters. The first kappa shape index (κ1) is 24.4. The van der Waals surface area contributed by atoms with Gasteiger partial charge in [-0.25, -0.2) is 16.8 Å². The van der Waals surface area contributed by atoms with Crippen LogP contribution < -0.4 is 10.1 Å². The molecule has 1 N–H and O–H groups in total. The number of nitrogens with zero attached hydrogens (tertiary/aromatic N) is 1. The SMILES string of the molecule is COc1ccc(S(=O)(=O)N(Cc2ccccc2)[C@H]2CS(=O)(=O)C[C@@H]2NCc2ccccc2)cc1. The number of methoxy groups -OCH3 is 1. The highest BCUT2D eigenvalue weighted by Crippen LogP contribution is 2.28. The van der Waals surface area contributed by atoms with E-state index in [-0.39, 0.29) is 22.9 Å². The van der Waals surface area contributed by atoms with Crippen molar-refractivity contribution < 1.29 is 21.6 Å². The van der Waals surface area contributed by atoms with Gasteiger partial charge < -0.3 is 10.1 Å². The predicted molar refractivity (Wildman–Crippen MR) is 132 cm³/mol. The lowest BCUT2D eigenvalue weighted by molar-refractivity contribution is 0.286. The van der Waals surface area contributed by atoms with Gasteiger partial charge in [-0.15, -0.1) is 0 Å². The third-order valence-electron chi connectivity index (χ3n) is 5.95. The Bertz CT molecular complexity index is 1300. The number of benzene rings is 3. The summed E-state index contributed by atoms with van der Waals surface area (Å²) in [4.78, 5) is 0.0929. The fraction of sp³-hybridized carbons (Fsp3) is 0.280. The number of hydrogen-bond acceptors (Lipinski definition) is 6. The van der Waals surface area contributed by atoms with Gasteiger partial charge in [-0.05, 0) is 35.4 Å². The summed E-state index contributed by atoms with van der Waals surface area (Å²) >= 11 is 0. The van der Waals surface area contributed by atoms with Crippen LogP contribution in [0.2, 0.25) is 0 Å². The van der Waals surface area contributed by atoms with Crippen LogP contribution in [0, 0.1) is 0 Å². The molecule has 1 aliphatic heterocycles. The Balaban J connectivity index is 1.69. The summed E-state index contributed by atoms with van der Waals surface area (Å²) in [6.45, 7) is 0.512. The van der Waals surface area contributed by atoms with E-state index in [4.69, 9.17) is 4.74 Å². The number of rotatable bonds is 9. The van der Waals surface area contributed by atoms with Crippen LogP contribution in [-0.4, -0.2) is 51.8 Å². The van der Waals surface area contributed by atoms with E-state index in [1.54, 1.807) is 12.1 Å². The van der Waals surface area contributed by atoms with Gasteiger partial charge in [0.1, 0.15) is 5.75 Å². The van der Waals surface area contributed by atoms with E-state index < -0.39 is 31.9 Å². The first-order valence-electron chi connectivity index (χ1n) is 11.0. The largest absolute Gasteiger partial charge is 0.497 e. The van der Waals surface area contributed by atoms with E-state index in [2.05, 4.69) is 5.32 Å². The maximum atomic E-state index is 13.8. The number of sulfone groups is 1. The monoisotopic (exact) mass is 500 g/mol. The lowest BCUT2D eigenvalue weighted by atomic mass is 10.1. The second-order valence-electron chi connectivity index (χ2n) is 8.33. The van der Waals surface area contributed by atoms with E-state index in [1.165, 1.54) is 23.5 Å².